The lowest BCUT2D eigenvalue weighted by Crippen LogP contribution is -2.41. The molecule has 1 heterocycles. The summed E-state index contributed by atoms with van der Waals surface area (Å²) in [4.78, 5) is 14.5. The topological polar surface area (TPSA) is 41.6 Å². The summed E-state index contributed by atoms with van der Waals surface area (Å²) in [6.07, 6.45) is -1.54. The van der Waals surface area contributed by atoms with Gasteiger partial charge in [0.1, 0.15) is 5.75 Å². The Hall–Kier alpha value is -2.54. The zero-order valence-electron chi connectivity index (χ0n) is 16.3. The highest BCUT2D eigenvalue weighted by Crippen LogP contribution is 2.34. The molecule has 2 aromatic carbocycles. The molecular formula is C22H25F3N2O2. The summed E-state index contributed by atoms with van der Waals surface area (Å²) in [6.45, 7) is 1.39. The van der Waals surface area contributed by atoms with Gasteiger partial charge in [-0.25, -0.2) is 0 Å². The summed E-state index contributed by atoms with van der Waals surface area (Å²) in [5, 5.41) is 2.91. The lowest BCUT2D eigenvalue weighted by molar-refractivity contribution is -0.137. The van der Waals surface area contributed by atoms with Crippen LogP contribution in [0.15, 0.2) is 48.5 Å². The third-order valence-corrected chi connectivity index (χ3v) is 5.23. The zero-order valence-corrected chi connectivity index (χ0v) is 16.3. The van der Waals surface area contributed by atoms with Gasteiger partial charge in [-0.15, -0.1) is 0 Å². The van der Waals surface area contributed by atoms with Crippen LogP contribution in [0, 0.1) is 0 Å². The number of amides is 1. The van der Waals surface area contributed by atoms with Crippen LogP contribution in [-0.2, 0) is 17.5 Å². The highest BCUT2D eigenvalue weighted by Gasteiger charge is 2.31. The Bertz CT molecular complexity index is 804. The summed E-state index contributed by atoms with van der Waals surface area (Å²) >= 11 is 0. The largest absolute Gasteiger partial charge is 0.497 e. The number of nitrogens with zero attached hydrogens (tertiary/aromatic N) is 1. The lowest BCUT2D eigenvalue weighted by atomic mass is 9.94. The number of carbonyl (C=O) groups is 1. The maximum atomic E-state index is 12.8. The van der Waals surface area contributed by atoms with Gasteiger partial charge in [0.25, 0.3) is 0 Å². The van der Waals surface area contributed by atoms with Crippen LogP contribution in [-0.4, -0.2) is 31.0 Å². The van der Waals surface area contributed by atoms with Crippen LogP contribution >= 0.6 is 0 Å². The minimum absolute atomic E-state index is 0.0437. The van der Waals surface area contributed by atoms with Gasteiger partial charge in [-0.2, -0.15) is 13.2 Å². The normalized spacial score (nSPS) is 17.7. The van der Waals surface area contributed by atoms with Crippen LogP contribution in [0.5, 0.6) is 5.75 Å². The van der Waals surface area contributed by atoms with Crippen molar-refractivity contribution in [2.45, 2.75) is 38.0 Å². The van der Waals surface area contributed by atoms with Gasteiger partial charge >= 0.3 is 6.18 Å². The minimum atomic E-state index is -4.34. The fourth-order valence-electron chi connectivity index (χ4n) is 3.64. The molecule has 1 saturated heterocycles. The second-order valence-corrected chi connectivity index (χ2v) is 7.23. The second kappa shape index (κ2) is 9.31. The van der Waals surface area contributed by atoms with Crippen LogP contribution in [0.1, 0.15) is 42.0 Å². The average molecular weight is 406 g/mol. The zero-order chi connectivity index (χ0) is 20.9. The molecule has 29 heavy (non-hydrogen) atoms. The highest BCUT2D eigenvalue weighted by molar-refractivity contribution is 5.78. The van der Waals surface area contributed by atoms with Crippen molar-refractivity contribution in [2.75, 3.05) is 20.2 Å². The molecule has 1 unspecified atom stereocenters. The predicted molar refractivity (Wildman–Crippen MR) is 104 cm³/mol. The first-order chi connectivity index (χ1) is 13.9. The first kappa shape index (κ1) is 21.2. The number of likely N-dealkylation sites (tertiary alicyclic amines) is 1. The van der Waals surface area contributed by atoms with E-state index in [1.165, 1.54) is 12.1 Å². The smallest absolute Gasteiger partial charge is 0.416 e. The first-order valence-electron chi connectivity index (χ1n) is 9.67. The van der Waals surface area contributed by atoms with Crippen LogP contribution in [0.2, 0.25) is 0 Å². The molecule has 7 heteroatoms. The Morgan fingerprint density at radius 3 is 2.41 bits per heavy atom. The number of ether oxygens (including phenoxy) is 1. The van der Waals surface area contributed by atoms with Crippen LogP contribution < -0.4 is 10.1 Å². The molecule has 156 valence electrons. The molecule has 0 saturated carbocycles. The summed E-state index contributed by atoms with van der Waals surface area (Å²) in [5.74, 6) is 0.660. The number of hydrogen-bond donors (Lipinski definition) is 1. The quantitative estimate of drug-likeness (QED) is 0.765. The van der Waals surface area contributed by atoms with Crippen LogP contribution in [0.3, 0.4) is 0 Å². The van der Waals surface area contributed by atoms with E-state index >= 15 is 0 Å². The standard InChI is InChI=1S/C22H25F3N2O2/c1-29-19-11-5-16(6-12-19)14-26-21(28)15-27-13-3-2-4-20(27)17-7-9-18(10-8-17)22(23,24)25/h5-12,20H,2-4,13-15H2,1H3,(H,26,28). The van der Waals surface area contributed by atoms with Gasteiger partial charge in [-0.05, 0) is 54.8 Å². The van der Waals surface area contributed by atoms with Gasteiger partial charge < -0.3 is 10.1 Å². The number of piperidine rings is 1. The van der Waals surface area contributed by atoms with E-state index in [1.54, 1.807) is 7.11 Å². The van der Waals surface area contributed by atoms with E-state index in [2.05, 4.69) is 10.2 Å². The molecule has 1 N–H and O–H groups in total. The van der Waals surface area contributed by atoms with Crippen LogP contribution in [0.25, 0.3) is 0 Å². The number of nitrogens with one attached hydrogen (secondary N) is 1. The monoisotopic (exact) mass is 406 g/mol. The van der Waals surface area contributed by atoms with Gasteiger partial charge in [-0.3, -0.25) is 9.69 Å². The molecule has 1 aliphatic heterocycles. The molecular weight excluding hydrogens is 381 g/mol. The number of benzene rings is 2. The molecule has 2 aromatic rings. The molecule has 3 rings (SSSR count). The maximum absolute atomic E-state index is 12.8. The molecule has 1 atom stereocenters. The number of methoxy groups -OCH3 is 1. The molecule has 1 aliphatic rings. The van der Waals surface area contributed by atoms with Crippen molar-refractivity contribution >= 4 is 5.91 Å². The van der Waals surface area contributed by atoms with E-state index < -0.39 is 11.7 Å². The average Bonchev–Trinajstić information content (AvgIpc) is 2.72. The van der Waals surface area contributed by atoms with Crippen molar-refractivity contribution < 1.29 is 22.7 Å². The summed E-state index contributed by atoms with van der Waals surface area (Å²) in [5.41, 5.74) is 1.14. The van der Waals surface area contributed by atoms with Crippen LogP contribution in [0.4, 0.5) is 13.2 Å². The maximum Gasteiger partial charge on any atom is 0.416 e. The van der Waals surface area contributed by atoms with Crippen molar-refractivity contribution in [1.29, 1.82) is 0 Å². The third-order valence-electron chi connectivity index (χ3n) is 5.23. The first-order valence-corrected chi connectivity index (χ1v) is 9.67. The van der Waals surface area contributed by atoms with E-state index in [0.29, 0.717) is 6.54 Å². The summed E-state index contributed by atoms with van der Waals surface area (Å²) < 4.78 is 43.5. The Morgan fingerprint density at radius 1 is 1.10 bits per heavy atom. The van der Waals surface area contributed by atoms with E-state index in [0.717, 1.165) is 54.8 Å². The SMILES string of the molecule is COc1ccc(CNC(=O)CN2CCCCC2c2ccc(C(F)(F)F)cc2)cc1. The van der Waals surface area contributed by atoms with E-state index in [4.69, 9.17) is 4.74 Å². The number of carbonyl (C=O) groups excluding carboxylic acids is 1. The number of alkyl halides is 3. The van der Waals surface area contributed by atoms with E-state index in [-0.39, 0.29) is 18.5 Å². The molecule has 0 aromatic heterocycles. The lowest BCUT2D eigenvalue weighted by Gasteiger charge is -2.35. The second-order valence-electron chi connectivity index (χ2n) is 7.23. The van der Waals surface area contributed by atoms with E-state index in [1.807, 2.05) is 24.3 Å². The Kier molecular flexibility index (Phi) is 6.79. The van der Waals surface area contributed by atoms with Gasteiger partial charge in [-0.1, -0.05) is 30.7 Å². The van der Waals surface area contributed by atoms with Crippen molar-refractivity contribution in [3.8, 4) is 5.75 Å². The predicted octanol–water partition coefficient (Wildman–Crippen LogP) is 4.56. The van der Waals surface area contributed by atoms with Crippen molar-refractivity contribution in [3.63, 3.8) is 0 Å². The Morgan fingerprint density at radius 2 is 1.79 bits per heavy atom. The molecule has 0 spiro atoms. The molecule has 0 radical (unpaired) electrons. The van der Waals surface area contributed by atoms with Gasteiger partial charge in [0.15, 0.2) is 0 Å². The van der Waals surface area contributed by atoms with Crippen molar-refractivity contribution in [1.82, 2.24) is 10.2 Å². The third kappa shape index (κ3) is 5.73. The van der Waals surface area contributed by atoms with Crippen molar-refractivity contribution in [2.24, 2.45) is 0 Å². The number of hydrogen-bond acceptors (Lipinski definition) is 3. The molecule has 1 amide bonds. The van der Waals surface area contributed by atoms with Gasteiger partial charge in [0.2, 0.25) is 5.91 Å². The fraction of sp³-hybridized carbons (Fsp3) is 0.409. The van der Waals surface area contributed by atoms with Crippen molar-refractivity contribution in [3.05, 3.63) is 65.2 Å². The minimum Gasteiger partial charge on any atom is -0.497 e. The molecule has 1 fully saturated rings. The number of rotatable bonds is 6. The fourth-order valence-corrected chi connectivity index (χ4v) is 3.64. The van der Waals surface area contributed by atoms with Gasteiger partial charge in [0.05, 0.1) is 19.2 Å². The molecule has 0 bridgehead atoms. The Balaban J connectivity index is 1.59. The molecule has 4 nitrogen and oxygen atoms in total. The molecule has 0 aliphatic carbocycles. The Labute approximate surface area is 168 Å². The number of halogens is 3. The van der Waals surface area contributed by atoms with Gasteiger partial charge in [0, 0.05) is 12.6 Å². The summed E-state index contributed by atoms with van der Waals surface area (Å²) in [6, 6.07) is 12.7. The van der Waals surface area contributed by atoms with E-state index in [9.17, 15) is 18.0 Å². The highest BCUT2D eigenvalue weighted by atomic mass is 19.4. The summed E-state index contributed by atoms with van der Waals surface area (Å²) in [7, 11) is 1.60.